The molecular formula is C19H29N3OS. The Morgan fingerprint density at radius 2 is 1.92 bits per heavy atom. The summed E-state index contributed by atoms with van der Waals surface area (Å²) in [6, 6.07) is 2.98. The molecule has 2 saturated heterocycles. The molecule has 4 rings (SSSR count). The average Bonchev–Trinajstić information content (AvgIpc) is 3.31. The number of piperidine rings is 1. The predicted molar refractivity (Wildman–Crippen MR) is 98.3 cm³/mol. The molecule has 0 unspecified atom stereocenters. The van der Waals surface area contributed by atoms with Crippen LogP contribution in [-0.4, -0.2) is 65.4 Å². The van der Waals surface area contributed by atoms with E-state index in [0.717, 1.165) is 38.6 Å². The first-order valence-corrected chi connectivity index (χ1v) is 10.4. The van der Waals surface area contributed by atoms with Gasteiger partial charge in [-0.1, -0.05) is 0 Å². The highest BCUT2D eigenvalue weighted by Crippen LogP contribution is 2.26. The zero-order chi connectivity index (χ0) is 16.5. The van der Waals surface area contributed by atoms with Crippen molar-refractivity contribution in [1.29, 1.82) is 0 Å². The standard InChI is InChI=1S/C19H29N3OS/c1-15(19(23)22-12-6-18-16(14-22)7-13-24-18)20-10-4-17(5-11-20)21-8-2-3-9-21/h7,13,15,17H,2-6,8-12,14H2,1H3/t15-/m1/s1. The van der Waals surface area contributed by atoms with Gasteiger partial charge in [0.1, 0.15) is 0 Å². The second-order valence-electron chi connectivity index (χ2n) is 7.56. The van der Waals surface area contributed by atoms with Crippen molar-refractivity contribution in [2.24, 2.45) is 0 Å². The third kappa shape index (κ3) is 3.26. The lowest BCUT2D eigenvalue weighted by Crippen LogP contribution is -2.52. The Bertz CT molecular complexity index is 573. The van der Waals surface area contributed by atoms with Gasteiger partial charge in [-0.15, -0.1) is 11.3 Å². The molecule has 0 saturated carbocycles. The maximum atomic E-state index is 12.9. The van der Waals surface area contributed by atoms with Crippen LogP contribution in [0.15, 0.2) is 11.4 Å². The van der Waals surface area contributed by atoms with Crippen molar-refractivity contribution in [2.45, 2.75) is 57.7 Å². The molecule has 0 bridgehead atoms. The van der Waals surface area contributed by atoms with Gasteiger partial charge in [-0.05, 0) is 69.1 Å². The Morgan fingerprint density at radius 3 is 2.67 bits per heavy atom. The molecule has 24 heavy (non-hydrogen) atoms. The van der Waals surface area contributed by atoms with Crippen LogP contribution in [0.3, 0.4) is 0 Å². The Morgan fingerprint density at radius 1 is 1.17 bits per heavy atom. The SMILES string of the molecule is C[C@H](C(=O)N1CCc2sccc2C1)N1CCC(N2CCCC2)CC1. The molecule has 1 aromatic rings. The third-order valence-corrected chi connectivity index (χ3v) is 7.20. The van der Waals surface area contributed by atoms with Crippen molar-refractivity contribution < 1.29 is 4.79 Å². The molecule has 3 aliphatic heterocycles. The van der Waals surface area contributed by atoms with Crippen molar-refractivity contribution in [2.75, 3.05) is 32.7 Å². The Balaban J connectivity index is 1.31. The topological polar surface area (TPSA) is 26.8 Å². The van der Waals surface area contributed by atoms with Crippen LogP contribution in [0.4, 0.5) is 0 Å². The predicted octanol–water partition coefficient (Wildman–Crippen LogP) is 2.58. The highest BCUT2D eigenvalue weighted by molar-refractivity contribution is 7.10. The summed E-state index contributed by atoms with van der Waals surface area (Å²) in [5.41, 5.74) is 1.36. The van der Waals surface area contributed by atoms with Gasteiger partial charge in [0.2, 0.25) is 5.91 Å². The molecular weight excluding hydrogens is 318 g/mol. The van der Waals surface area contributed by atoms with Crippen molar-refractivity contribution in [3.05, 3.63) is 21.9 Å². The minimum atomic E-state index is 0.0321. The quantitative estimate of drug-likeness (QED) is 0.841. The van der Waals surface area contributed by atoms with Crippen molar-refractivity contribution in [3.63, 3.8) is 0 Å². The van der Waals surface area contributed by atoms with Crippen LogP contribution in [0.2, 0.25) is 0 Å². The van der Waals surface area contributed by atoms with E-state index in [2.05, 4.69) is 33.1 Å². The summed E-state index contributed by atoms with van der Waals surface area (Å²) < 4.78 is 0. The van der Waals surface area contributed by atoms with E-state index in [1.165, 1.54) is 49.2 Å². The summed E-state index contributed by atoms with van der Waals surface area (Å²) in [6.07, 6.45) is 6.23. The normalized spacial score (nSPS) is 25.0. The van der Waals surface area contributed by atoms with E-state index < -0.39 is 0 Å². The minimum absolute atomic E-state index is 0.0321. The first-order valence-electron chi connectivity index (χ1n) is 9.54. The molecule has 1 atom stereocenters. The van der Waals surface area contributed by atoms with Gasteiger partial charge in [0.25, 0.3) is 0 Å². The van der Waals surface area contributed by atoms with Crippen LogP contribution in [0.1, 0.15) is 43.0 Å². The van der Waals surface area contributed by atoms with E-state index in [1.807, 2.05) is 11.3 Å². The van der Waals surface area contributed by atoms with E-state index >= 15 is 0 Å². The van der Waals surface area contributed by atoms with Gasteiger partial charge in [-0.3, -0.25) is 9.69 Å². The van der Waals surface area contributed by atoms with E-state index in [0.29, 0.717) is 5.91 Å². The first-order chi connectivity index (χ1) is 11.7. The van der Waals surface area contributed by atoms with Crippen LogP contribution in [0, 0.1) is 0 Å². The number of thiophene rings is 1. The van der Waals surface area contributed by atoms with Crippen molar-refractivity contribution in [1.82, 2.24) is 14.7 Å². The van der Waals surface area contributed by atoms with Crippen LogP contribution < -0.4 is 0 Å². The van der Waals surface area contributed by atoms with Gasteiger partial charge < -0.3 is 9.80 Å². The van der Waals surface area contributed by atoms with Gasteiger partial charge in [0, 0.05) is 37.1 Å². The molecule has 1 amide bonds. The molecule has 132 valence electrons. The Labute approximate surface area is 149 Å². The number of hydrogen-bond donors (Lipinski definition) is 0. The summed E-state index contributed by atoms with van der Waals surface area (Å²) in [5, 5.41) is 2.16. The molecule has 4 heterocycles. The summed E-state index contributed by atoms with van der Waals surface area (Å²) in [4.78, 5) is 21.6. The molecule has 0 spiro atoms. The van der Waals surface area contributed by atoms with E-state index in [9.17, 15) is 4.79 Å². The molecule has 4 nitrogen and oxygen atoms in total. The van der Waals surface area contributed by atoms with Gasteiger partial charge in [-0.25, -0.2) is 0 Å². The number of amides is 1. The largest absolute Gasteiger partial charge is 0.337 e. The number of nitrogens with zero attached hydrogens (tertiary/aromatic N) is 3. The molecule has 2 fully saturated rings. The fraction of sp³-hybridized carbons (Fsp3) is 0.737. The van der Waals surface area contributed by atoms with E-state index in [-0.39, 0.29) is 6.04 Å². The summed E-state index contributed by atoms with van der Waals surface area (Å²) in [5.74, 6) is 0.325. The minimum Gasteiger partial charge on any atom is -0.337 e. The van der Waals surface area contributed by atoms with Crippen LogP contribution in [0.25, 0.3) is 0 Å². The number of rotatable bonds is 3. The average molecular weight is 348 g/mol. The van der Waals surface area contributed by atoms with Gasteiger partial charge in [-0.2, -0.15) is 0 Å². The molecule has 0 N–H and O–H groups in total. The lowest BCUT2D eigenvalue weighted by Gasteiger charge is -2.40. The highest BCUT2D eigenvalue weighted by atomic mass is 32.1. The molecule has 3 aliphatic rings. The number of carbonyl (C=O) groups excluding carboxylic acids is 1. The molecule has 5 heteroatoms. The lowest BCUT2D eigenvalue weighted by atomic mass is 10.0. The lowest BCUT2D eigenvalue weighted by molar-refractivity contribution is -0.138. The maximum absolute atomic E-state index is 12.9. The van der Waals surface area contributed by atoms with Gasteiger partial charge >= 0.3 is 0 Å². The zero-order valence-electron chi connectivity index (χ0n) is 14.7. The number of fused-ring (bicyclic) bond motifs is 1. The highest BCUT2D eigenvalue weighted by Gasteiger charge is 2.33. The number of hydrogen-bond acceptors (Lipinski definition) is 4. The van der Waals surface area contributed by atoms with Gasteiger partial charge in [0.05, 0.1) is 6.04 Å². The smallest absolute Gasteiger partial charge is 0.239 e. The molecule has 0 aromatic carbocycles. The summed E-state index contributed by atoms with van der Waals surface area (Å²) in [7, 11) is 0. The van der Waals surface area contributed by atoms with Crippen LogP contribution in [0.5, 0.6) is 0 Å². The second-order valence-corrected chi connectivity index (χ2v) is 8.57. The summed E-state index contributed by atoms with van der Waals surface area (Å²) in [6.45, 7) is 8.54. The first kappa shape index (κ1) is 16.6. The summed E-state index contributed by atoms with van der Waals surface area (Å²) >= 11 is 1.83. The fourth-order valence-corrected chi connectivity index (χ4v) is 5.49. The van der Waals surface area contributed by atoms with E-state index in [4.69, 9.17) is 0 Å². The Hall–Kier alpha value is -0.910. The van der Waals surface area contributed by atoms with Crippen LogP contribution in [-0.2, 0) is 17.8 Å². The van der Waals surface area contributed by atoms with E-state index in [1.54, 1.807) is 0 Å². The number of likely N-dealkylation sites (tertiary alicyclic amines) is 2. The monoisotopic (exact) mass is 347 g/mol. The third-order valence-electron chi connectivity index (χ3n) is 6.18. The molecule has 0 aliphatic carbocycles. The van der Waals surface area contributed by atoms with Crippen LogP contribution >= 0.6 is 11.3 Å². The molecule has 1 aromatic heterocycles. The second kappa shape index (κ2) is 7.14. The fourth-order valence-electron chi connectivity index (χ4n) is 4.60. The Kier molecular flexibility index (Phi) is 4.93. The zero-order valence-corrected chi connectivity index (χ0v) is 15.6. The van der Waals surface area contributed by atoms with Gasteiger partial charge in [0.15, 0.2) is 0 Å². The maximum Gasteiger partial charge on any atom is 0.239 e. The van der Waals surface area contributed by atoms with Crippen molar-refractivity contribution >= 4 is 17.2 Å². The van der Waals surface area contributed by atoms with Crippen molar-refractivity contribution in [3.8, 4) is 0 Å². The number of carbonyl (C=O) groups is 1. The molecule has 0 radical (unpaired) electrons.